The van der Waals surface area contributed by atoms with Gasteiger partial charge >= 0.3 is 0 Å². The van der Waals surface area contributed by atoms with Crippen molar-refractivity contribution >= 4 is 0 Å². The molecule has 0 spiro atoms. The quantitative estimate of drug-likeness (QED) is 0.844. The summed E-state index contributed by atoms with van der Waals surface area (Å²) >= 11 is 0. The molecule has 0 aromatic rings. The summed E-state index contributed by atoms with van der Waals surface area (Å²) in [5.41, 5.74) is 0.512. The number of rotatable bonds is 3. The number of nitrogens with zero attached hydrogens (tertiary/aromatic N) is 1. The van der Waals surface area contributed by atoms with E-state index >= 15 is 0 Å². The minimum absolute atomic E-state index is 0.512. The zero-order chi connectivity index (χ0) is 15.0. The van der Waals surface area contributed by atoms with E-state index in [2.05, 4.69) is 38.0 Å². The van der Waals surface area contributed by atoms with Crippen LogP contribution >= 0.6 is 0 Å². The zero-order valence-corrected chi connectivity index (χ0v) is 14.7. The second-order valence-corrected chi connectivity index (χ2v) is 9.21. The molecule has 2 atom stereocenters. The molecule has 3 fully saturated rings. The molecule has 1 saturated carbocycles. The van der Waals surface area contributed by atoms with Gasteiger partial charge in [0.05, 0.1) is 0 Å². The predicted octanol–water partition coefficient (Wildman–Crippen LogP) is 4.05. The average molecular weight is 293 g/mol. The van der Waals surface area contributed by atoms with Crippen LogP contribution in [-0.2, 0) is 0 Å². The molecular formula is C19H36N2. The smallest absolute Gasteiger partial charge is 0.00988 e. The highest BCUT2D eigenvalue weighted by Crippen LogP contribution is 2.39. The molecule has 1 aliphatic carbocycles. The summed E-state index contributed by atoms with van der Waals surface area (Å²) < 4.78 is 0. The van der Waals surface area contributed by atoms with Crippen LogP contribution in [0.2, 0.25) is 0 Å². The molecule has 0 aromatic carbocycles. The van der Waals surface area contributed by atoms with Crippen molar-refractivity contribution in [1.29, 1.82) is 0 Å². The summed E-state index contributed by atoms with van der Waals surface area (Å²) in [4.78, 5) is 2.66. The van der Waals surface area contributed by atoms with E-state index in [9.17, 15) is 0 Å². The summed E-state index contributed by atoms with van der Waals surface area (Å²) in [6.07, 6.45) is 11.5. The van der Waals surface area contributed by atoms with Crippen LogP contribution in [-0.4, -0.2) is 36.6 Å². The lowest BCUT2D eigenvalue weighted by Gasteiger charge is -2.39. The Labute approximate surface area is 132 Å². The molecule has 2 saturated heterocycles. The molecule has 0 amide bonds. The molecular weight excluding hydrogens is 256 g/mol. The minimum Gasteiger partial charge on any atom is -0.314 e. The van der Waals surface area contributed by atoms with Crippen molar-refractivity contribution in [3.05, 3.63) is 0 Å². The van der Waals surface area contributed by atoms with Gasteiger partial charge in [-0.2, -0.15) is 0 Å². The van der Waals surface area contributed by atoms with E-state index in [1.54, 1.807) is 0 Å². The van der Waals surface area contributed by atoms with Crippen LogP contribution in [0.25, 0.3) is 0 Å². The van der Waals surface area contributed by atoms with Gasteiger partial charge in [0.25, 0.3) is 0 Å². The molecule has 2 heteroatoms. The first-order valence-electron chi connectivity index (χ1n) is 9.39. The van der Waals surface area contributed by atoms with Crippen molar-refractivity contribution in [2.45, 2.75) is 90.3 Å². The number of hydrogen-bond acceptors (Lipinski definition) is 2. The zero-order valence-electron chi connectivity index (χ0n) is 14.7. The van der Waals surface area contributed by atoms with Gasteiger partial charge in [-0.25, -0.2) is 0 Å². The summed E-state index contributed by atoms with van der Waals surface area (Å²) in [7, 11) is 2.35. The SMILES string of the molecule is CN1C2CCC1CC(CNC1CCC(C(C)(C)C)CC1)C2. The van der Waals surface area contributed by atoms with Crippen LogP contribution in [0.15, 0.2) is 0 Å². The normalized spacial score (nSPS) is 41.4. The van der Waals surface area contributed by atoms with Crippen molar-refractivity contribution in [1.82, 2.24) is 10.2 Å². The summed E-state index contributed by atoms with van der Waals surface area (Å²) in [5, 5.41) is 3.93. The number of hydrogen-bond donors (Lipinski definition) is 1. The molecule has 3 aliphatic rings. The maximum Gasteiger partial charge on any atom is 0.00988 e. The third kappa shape index (κ3) is 3.64. The summed E-state index contributed by atoms with van der Waals surface area (Å²) in [5.74, 6) is 1.88. The second-order valence-electron chi connectivity index (χ2n) is 9.21. The van der Waals surface area contributed by atoms with E-state index < -0.39 is 0 Å². The molecule has 1 N–H and O–H groups in total. The average Bonchev–Trinajstić information content (AvgIpc) is 2.66. The third-order valence-electron chi connectivity index (χ3n) is 6.84. The molecule has 3 rings (SSSR count). The van der Waals surface area contributed by atoms with Gasteiger partial charge in [-0.1, -0.05) is 20.8 Å². The predicted molar refractivity (Wildman–Crippen MR) is 90.5 cm³/mol. The van der Waals surface area contributed by atoms with Gasteiger partial charge in [0.1, 0.15) is 0 Å². The summed E-state index contributed by atoms with van der Waals surface area (Å²) in [6.45, 7) is 8.53. The molecule has 2 bridgehead atoms. The Morgan fingerprint density at radius 3 is 2.00 bits per heavy atom. The van der Waals surface area contributed by atoms with Crippen molar-refractivity contribution in [3.63, 3.8) is 0 Å². The maximum atomic E-state index is 3.93. The molecule has 2 aliphatic heterocycles. The standard InChI is InChI=1S/C19H36N2/c1-19(2,3)15-5-7-16(8-6-15)20-13-14-11-17-9-10-18(12-14)21(17)4/h14-18,20H,5-13H2,1-4H3. The fourth-order valence-corrected chi connectivity index (χ4v) is 5.19. The number of nitrogens with one attached hydrogen (secondary N) is 1. The Balaban J connectivity index is 1.39. The topological polar surface area (TPSA) is 15.3 Å². The van der Waals surface area contributed by atoms with Crippen LogP contribution in [0.1, 0.15) is 72.1 Å². The Kier molecular flexibility index (Phi) is 4.66. The highest BCUT2D eigenvalue weighted by Gasteiger charge is 2.38. The van der Waals surface area contributed by atoms with Gasteiger partial charge in [-0.3, -0.25) is 0 Å². The lowest BCUT2D eigenvalue weighted by atomic mass is 9.71. The molecule has 122 valence electrons. The van der Waals surface area contributed by atoms with Gasteiger partial charge in [0.15, 0.2) is 0 Å². The van der Waals surface area contributed by atoms with Gasteiger partial charge in [-0.05, 0) is 82.2 Å². The fraction of sp³-hybridized carbons (Fsp3) is 1.00. The highest BCUT2D eigenvalue weighted by atomic mass is 15.2. The monoisotopic (exact) mass is 292 g/mol. The van der Waals surface area contributed by atoms with E-state index in [1.165, 1.54) is 57.9 Å². The van der Waals surface area contributed by atoms with Crippen molar-refractivity contribution in [2.75, 3.05) is 13.6 Å². The van der Waals surface area contributed by atoms with Crippen molar-refractivity contribution in [2.24, 2.45) is 17.3 Å². The Hall–Kier alpha value is -0.0800. The van der Waals surface area contributed by atoms with E-state index in [-0.39, 0.29) is 0 Å². The van der Waals surface area contributed by atoms with E-state index in [4.69, 9.17) is 0 Å². The highest BCUT2D eigenvalue weighted by molar-refractivity contribution is 4.94. The van der Waals surface area contributed by atoms with Gasteiger partial charge < -0.3 is 10.2 Å². The minimum atomic E-state index is 0.512. The first kappa shape index (κ1) is 15.8. The van der Waals surface area contributed by atoms with Crippen LogP contribution in [0, 0.1) is 17.3 Å². The molecule has 0 radical (unpaired) electrons. The van der Waals surface area contributed by atoms with Gasteiger partial charge in [-0.15, -0.1) is 0 Å². The molecule has 21 heavy (non-hydrogen) atoms. The molecule has 2 unspecified atom stereocenters. The fourth-order valence-electron chi connectivity index (χ4n) is 5.19. The molecule has 2 nitrogen and oxygen atoms in total. The molecule has 2 heterocycles. The number of piperidine rings is 1. The number of fused-ring (bicyclic) bond motifs is 2. The van der Waals surface area contributed by atoms with Crippen LogP contribution in [0.5, 0.6) is 0 Å². The lowest BCUT2D eigenvalue weighted by Crippen LogP contribution is -2.44. The first-order chi connectivity index (χ1) is 9.93. The Morgan fingerprint density at radius 1 is 0.905 bits per heavy atom. The lowest BCUT2D eigenvalue weighted by molar-refractivity contribution is 0.123. The van der Waals surface area contributed by atoms with E-state index in [0.29, 0.717) is 5.41 Å². The Morgan fingerprint density at radius 2 is 1.48 bits per heavy atom. The van der Waals surface area contributed by atoms with E-state index in [0.717, 1.165) is 30.0 Å². The summed E-state index contributed by atoms with van der Waals surface area (Å²) in [6, 6.07) is 2.60. The van der Waals surface area contributed by atoms with Crippen molar-refractivity contribution in [3.8, 4) is 0 Å². The van der Waals surface area contributed by atoms with Crippen LogP contribution in [0.4, 0.5) is 0 Å². The second kappa shape index (κ2) is 6.20. The van der Waals surface area contributed by atoms with Crippen LogP contribution in [0.3, 0.4) is 0 Å². The largest absolute Gasteiger partial charge is 0.314 e. The Bertz CT molecular complexity index is 324. The molecule has 0 aromatic heterocycles. The van der Waals surface area contributed by atoms with Crippen molar-refractivity contribution < 1.29 is 0 Å². The van der Waals surface area contributed by atoms with E-state index in [1.807, 2.05) is 0 Å². The van der Waals surface area contributed by atoms with Gasteiger partial charge in [0, 0.05) is 18.1 Å². The maximum absolute atomic E-state index is 3.93. The first-order valence-corrected chi connectivity index (χ1v) is 9.39. The van der Waals surface area contributed by atoms with Gasteiger partial charge in [0.2, 0.25) is 0 Å². The van der Waals surface area contributed by atoms with Crippen LogP contribution < -0.4 is 5.32 Å². The third-order valence-corrected chi connectivity index (χ3v) is 6.84.